The Bertz CT molecular complexity index is 458. The maximum Gasteiger partial charge on any atom is 0.307 e. The molecule has 8 nitrogen and oxygen atoms in total. The summed E-state index contributed by atoms with van der Waals surface area (Å²) < 4.78 is 1.28. The molecule has 2 N–H and O–H groups in total. The number of nitrogens with two attached hydrogens (primary N) is 1. The fourth-order valence-electron chi connectivity index (χ4n) is 2.17. The van der Waals surface area contributed by atoms with Gasteiger partial charge < -0.3 is 10.6 Å². The molecule has 98 valence electrons. The quantitative estimate of drug-likeness (QED) is 0.587. The second-order valence-corrected chi connectivity index (χ2v) is 4.27. The Morgan fingerprint density at radius 1 is 1.67 bits per heavy atom. The maximum atomic E-state index is 12.0. The van der Waals surface area contributed by atoms with E-state index in [9.17, 15) is 14.9 Å². The van der Waals surface area contributed by atoms with Gasteiger partial charge in [-0.2, -0.15) is 5.10 Å². The third kappa shape index (κ3) is 2.48. The van der Waals surface area contributed by atoms with Gasteiger partial charge in [0.05, 0.1) is 4.92 Å². The number of nitrogens with zero attached hydrogens (tertiary/aromatic N) is 4. The number of aromatic nitrogens is 2. The number of carbonyl (C=O) groups excluding carboxylic acids is 1. The Morgan fingerprint density at radius 3 is 3.06 bits per heavy atom. The first kappa shape index (κ1) is 12.5. The summed E-state index contributed by atoms with van der Waals surface area (Å²) in [4.78, 5) is 23.7. The van der Waals surface area contributed by atoms with Crippen molar-refractivity contribution in [1.29, 1.82) is 0 Å². The van der Waals surface area contributed by atoms with Crippen LogP contribution in [0.15, 0.2) is 12.4 Å². The van der Waals surface area contributed by atoms with Gasteiger partial charge in [-0.15, -0.1) is 0 Å². The molecular formula is C10H15N5O3. The van der Waals surface area contributed by atoms with Crippen molar-refractivity contribution >= 4 is 11.6 Å². The number of rotatable bonds is 4. The monoisotopic (exact) mass is 253 g/mol. The molecule has 1 unspecified atom stereocenters. The molecule has 0 aromatic carbocycles. The molecule has 1 saturated heterocycles. The highest BCUT2D eigenvalue weighted by Gasteiger charge is 2.27. The average molecular weight is 253 g/mol. The van der Waals surface area contributed by atoms with Crippen molar-refractivity contribution in [3.8, 4) is 0 Å². The Hall–Kier alpha value is -1.96. The van der Waals surface area contributed by atoms with Crippen molar-refractivity contribution in [3.05, 3.63) is 22.5 Å². The normalized spacial score (nSPS) is 19.2. The molecule has 1 aromatic rings. The molecule has 0 aliphatic carbocycles. The maximum absolute atomic E-state index is 12.0. The molecule has 1 fully saturated rings. The first-order valence-corrected chi connectivity index (χ1v) is 5.78. The van der Waals surface area contributed by atoms with Crippen LogP contribution in [0.2, 0.25) is 0 Å². The summed E-state index contributed by atoms with van der Waals surface area (Å²) in [7, 11) is 0. The molecule has 0 radical (unpaired) electrons. The fourth-order valence-corrected chi connectivity index (χ4v) is 2.17. The smallest absolute Gasteiger partial charge is 0.307 e. The topological polar surface area (TPSA) is 107 Å². The van der Waals surface area contributed by atoms with E-state index in [1.165, 1.54) is 10.9 Å². The molecule has 1 amide bonds. The van der Waals surface area contributed by atoms with Gasteiger partial charge in [-0.05, 0) is 12.8 Å². The van der Waals surface area contributed by atoms with Crippen LogP contribution in [-0.4, -0.2) is 44.6 Å². The van der Waals surface area contributed by atoms with Crippen LogP contribution in [0.4, 0.5) is 5.69 Å². The van der Waals surface area contributed by atoms with E-state index in [0.29, 0.717) is 13.1 Å². The fraction of sp³-hybridized carbons (Fsp3) is 0.600. The largest absolute Gasteiger partial charge is 0.337 e. The van der Waals surface area contributed by atoms with Gasteiger partial charge in [0.2, 0.25) is 5.91 Å². The second kappa shape index (κ2) is 5.13. The molecule has 0 saturated carbocycles. The standard InChI is InChI=1S/C10H15N5O3/c11-4-8-2-1-3-14(8)10(16)7-13-6-9(5-12-13)15(17)18/h5-6,8H,1-4,7,11H2. The van der Waals surface area contributed by atoms with Crippen LogP contribution in [-0.2, 0) is 11.3 Å². The molecule has 8 heteroatoms. The van der Waals surface area contributed by atoms with Gasteiger partial charge in [-0.1, -0.05) is 0 Å². The minimum atomic E-state index is -0.535. The van der Waals surface area contributed by atoms with Gasteiger partial charge in [0.25, 0.3) is 0 Å². The van der Waals surface area contributed by atoms with Gasteiger partial charge in [0, 0.05) is 19.1 Å². The summed E-state index contributed by atoms with van der Waals surface area (Å²) in [6.45, 7) is 1.17. The average Bonchev–Trinajstić information content (AvgIpc) is 2.96. The van der Waals surface area contributed by atoms with Crippen LogP contribution in [0.3, 0.4) is 0 Å². The van der Waals surface area contributed by atoms with Crippen molar-refractivity contribution in [1.82, 2.24) is 14.7 Å². The lowest BCUT2D eigenvalue weighted by Gasteiger charge is -2.23. The number of amides is 1. The Kier molecular flexibility index (Phi) is 3.56. The van der Waals surface area contributed by atoms with E-state index in [-0.39, 0.29) is 24.2 Å². The van der Waals surface area contributed by atoms with Gasteiger partial charge in [-0.3, -0.25) is 19.6 Å². The van der Waals surface area contributed by atoms with E-state index in [4.69, 9.17) is 5.73 Å². The van der Waals surface area contributed by atoms with Crippen LogP contribution in [0.25, 0.3) is 0 Å². The van der Waals surface area contributed by atoms with E-state index < -0.39 is 4.92 Å². The predicted molar refractivity (Wildman–Crippen MR) is 62.7 cm³/mol. The molecule has 2 rings (SSSR count). The van der Waals surface area contributed by atoms with E-state index in [2.05, 4.69) is 5.10 Å². The number of carbonyl (C=O) groups is 1. The zero-order chi connectivity index (χ0) is 13.1. The molecule has 0 spiro atoms. The van der Waals surface area contributed by atoms with Gasteiger partial charge in [0.1, 0.15) is 18.9 Å². The molecule has 1 atom stereocenters. The highest BCUT2D eigenvalue weighted by atomic mass is 16.6. The summed E-state index contributed by atoms with van der Waals surface area (Å²) in [5.74, 6) is -0.0963. The third-order valence-electron chi connectivity index (χ3n) is 3.10. The van der Waals surface area contributed by atoms with Crippen LogP contribution < -0.4 is 5.73 Å². The molecule has 1 aliphatic rings. The minimum Gasteiger partial charge on any atom is -0.337 e. The molecule has 1 aliphatic heterocycles. The van der Waals surface area contributed by atoms with E-state index in [0.717, 1.165) is 19.0 Å². The lowest BCUT2D eigenvalue weighted by molar-refractivity contribution is -0.385. The van der Waals surface area contributed by atoms with E-state index in [1.54, 1.807) is 4.90 Å². The molecule has 0 bridgehead atoms. The van der Waals surface area contributed by atoms with Crippen molar-refractivity contribution in [2.45, 2.75) is 25.4 Å². The van der Waals surface area contributed by atoms with Gasteiger partial charge in [0.15, 0.2) is 0 Å². The molecule has 1 aromatic heterocycles. The van der Waals surface area contributed by atoms with E-state index in [1.807, 2.05) is 0 Å². The SMILES string of the molecule is NCC1CCCN1C(=O)Cn1cc([N+](=O)[O-])cn1. The lowest BCUT2D eigenvalue weighted by atomic mass is 10.2. The first-order chi connectivity index (χ1) is 8.61. The summed E-state index contributed by atoms with van der Waals surface area (Å²) in [6, 6.07) is 0.0862. The number of likely N-dealkylation sites (tertiary alicyclic amines) is 1. The number of nitro groups is 1. The summed E-state index contributed by atoms with van der Waals surface area (Å²) >= 11 is 0. The Balaban J connectivity index is 2.00. The van der Waals surface area contributed by atoms with Crippen molar-refractivity contribution in [2.24, 2.45) is 5.73 Å². The molecular weight excluding hydrogens is 238 g/mol. The van der Waals surface area contributed by atoms with Crippen LogP contribution in [0.1, 0.15) is 12.8 Å². The predicted octanol–water partition coefficient (Wildman–Crippen LogP) is -0.259. The molecule has 18 heavy (non-hydrogen) atoms. The van der Waals surface area contributed by atoms with Crippen LogP contribution in [0.5, 0.6) is 0 Å². The zero-order valence-corrected chi connectivity index (χ0v) is 9.86. The van der Waals surface area contributed by atoms with Gasteiger partial charge >= 0.3 is 5.69 Å². The summed E-state index contributed by atoms with van der Waals surface area (Å²) in [5.41, 5.74) is 5.48. The zero-order valence-electron chi connectivity index (χ0n) is 9.86. The Labute approximate surface area is 104 Å². The summed E-state index contributed by atoms with van der Waals surface area (Å²) in [5, 5.41) is 14.3. The minimum absolute atomic E-state index is 0.0182. The number of hydrogen-bond donors (Lipinski definition) is 1. The second-order valence-electron chi connectivity index (χ2n) is 4.27. The van der Waals surface area contributed by atoms with E-state index >= 15 is 0 Å². The number of hydrogen-bond acceptors (Lipinski definition) is 5. The van der Waals surface area contributed by atoms with Crippen LogP contribution >= 0.6 is 0 Å². The van der Waals surface area contributed by atoms with Crippen LogP contribution in [0, 0.1) is 10.1 Å². The highest BCUT2D eigenvalue weighted by Crippen LogP contribution is 2.17. The third-order valence-corrected chi connectivity index (χ3v) is 3.10. The first-order valence-electron chi connectivity index (χ1n) is 5.78. The Morgan fingerprint density at radius 2 is 2.44 bits per heavy atom. The van der Waals surface area contributed by atoms with Crippen molar-refractivity contribution in [3.63, 3.8) is 0 Å². The van der Waals surface area contributed by atoms with Gasteiger partial charge in [-0.25, -0.2) is 0 Å². The summed E-state index contributed by atoms with van der Waals surface area (Å²) in [6.07, 6.45) is 4.26. The lowest BCUT2D eigenvalue weighted by Crippen LogP contribution is -2.41. The van der Waals surface area contributed by atoms with Crippen molar-refractivity contribution in [2.75, 3.05) is 13.1 Å². The van der Waals surface area contributed by atoms with Crippen molar-refractivity contribution < 1.29 is 9.72 Å². The highest BCUT2D eigenvalue weighted by molar-refractivity contribution is 5.76. The molecule has 2 heterocycles.